The SMILES string of the molecule is CNCCCC(=O)N(C)Cc1c(F)cccc1Cl. The molecule has 3 nitrogen and oxygen atoms in total. The van der Waals surface area contributed by atoms with Gasteiger partial charge in [-0.1, -0.05) is 17.7 Å². The summed E-state index contributed by atoms with van der Waals surface area (Å²) in [5.41, 5.74) is 0.364. The number of carbonyl (C=O) groups excluding carboxylic acids is 1. The highest BCUT2D eigenvalue weighted by molar-refractivity contribution is 6.31. The zero-order valence-corrected chi connectivity index (χ0v) is 11.4. The van der Waals surface area contributed by atoms with Crippen LogP contribution in [0.15, 0.2) is 18.2 Å². The fraction of sp³-hybridized carbons (Fsp3) is 0.462. The van der Waals surface area contributed by atoms with Crippen molar-refractivity contribution in [2.45, 2.75) is 19.4 Å². The van der Waals surface area contributed by atoms with Crippen molar-refractivity contribution in [3.05, 3.63) is 34.6 Å². The smallest absolute Gasteiger partial charge is 0.222 e. The van der Waals surface area contributed by atoms with Gasteiger partial charge < -0.3 is 10.2 Å². The van der Waals surface area contributed by atoms with Crippen LogP contribution < -0.4 is 5.32 Å². The van der Waals surface area contributed by atoms with Crippen LogP contribution in [0.3, 0.4) is 0 Å². The Hall–Kier alpha value is -1.13. The second-order valence-electron chi connectivity index (χ2n) is 4.16. The maximum Gasteiger partial charge on any atom is 0.222 e. The van der Waals surface area contributed by atoms with E-state index in [0.29, 0.717) is 17.0 Å². The lowest BCUT2D eigenvalue weighted by atomic mass is 10.2. The Bertz CT molecular complexity index is 392. The van der Waals surface area contributed by atoms with Crippen LogP contribution in [0.1, 0.15) is 18.4 Å². The third-order valence-corrected chi connectivity index (χ3v) is 3.05. The maximum atomic E-state index is 13.5. The van der Waals surface area contributed by atoms with E-state index in [1.54, 1.807) is 19.2 Å². The molecule has 0 unspecified atom stereocenters. The molecule has 1 aromatic rings. The Morgan fingerprint density at radius 2 is 2.22 bits per heavy atom. The zero-order chi connectivity index (χ0) is 13.5. The highest BCUT2D eigenvalue weighted by atomic mass is 35.5. The molecule has 100 valence electrons. The van der Waals surface area contributed by atoms with Gasteiger partial charge in [-0.3, -0.25) is 4.79 Å². The first-order valence-corrected chi connectivity index (χ1v) is 6.25. The summed E-state index contributed by atoms with van der Waals surface area (Å²) in [5.74, 6) is -0.387. The molecule has 1 rings (SSSR count). The van der Waals surface area contributed by atoms with Crippen molar-refractivity contribution in [2.24, 2.45) is 0 Å². The first-order chi connectivity index (χ1) is 8.56. The van der Waals surface area contributed by atoms with E-state index < -0.39 is 0 Å². The molecule has 1 aromatic carbocycles. The third kappa shape index (κ3) is 4.27. The van der Waals surface area contributed by atoms with Crippen LogP contribution in [0.5, 0.6) is 0 Å². The van der Waals surface area contributed by atoms with Gasteiger partial charge in [-0.15, -0.1) is 0 Å². The number of halogens is 2. The van der Waals surface area contributed by atoms with Crippen molar-refractivity contribution >= 4 is 17.5 Å². The number of benzene rings is 1. The lowest BCUT2D eigenvalue weighted by Gasteiger charge is -2.18. The summed E-state index contributed by atoms with van der Waals surface area (Å²) in [6.07, 6.45) is 1.22. The molecule has 0 fully saturated rings. The summed E-state index contributed by atoms with van der Waals surface area (Å²) in [6, 6.07) is 4.52. The fourth-order valence-electron chi connectivity index (χ4n) is 1.62. The van der Waals surface area contributed by atoms with Crippen LogP contribution in [0.4, 0.5) is 4.39 Å². The molecule has 0 radical (unpaired) electrons. The van der Waals surface area contributed by atoms with E-state index in [9.17, 15) is 9.18 Å². The number of rotatable bonds is 6. The molecule has 0 heterocycles. The van der Waals surface area contributed by atoms with Crippen LogP contribution >= 0.6 is 11.6 Å². The molecule has 0 aliphatic heterocycles. The van der Waals surface area contributed by atoms with Crippen molar-refractivity contribution in [3.63, 3.8) is 0 Å². The standard InChI is InChI=1S/C13H18ClFN2O/c1-16-8-4-7-13(18)17(2)9-10-11(14)5-3-6-12(10)15/h3,5-6,16H,4,7-9H2,1-2H3. The van der Waals surface area contributed by atoms with E-state index in [0.717, 1.165) is 13.0 Å². The quantitative estimate of drug-likeness (QED) is 0.807. The van der Waals surface area contributed by atoms with Gasteiger partial charge in [-0.05, 0) is 32.1 Å². The van der Waals surface area contributed by atoms with Crippen molar-refractivity contribution in [1.82, 2.24) is 10.2 Å². The molecule has 0 bridgehead atoms. The topological polar surface area (TPSA) is 32.3 Å². The highest BCUT2D eigenvalue weighted by Crippen LogP contribution is 2.20. The van der Waals surface area contributed by atoms with Gasteiger partial charge in [0.15, 0.2) is 0 Å². The molecule has 0 aromatic heterocycles. The lowest BCUT2D eigenvalue weighted by Crippen LogP contribution is -2.27. The number of hydrogen-bond acceptors (Lipinski definition) is 2. The van der Waals surface area contributed by atoms with Crippen LogP contribution in [-0.4, -0.2) is 31.4 Å². The first kappa shape index (κ1) is 14.9. The second kappa shape index (κ2) is 7.34. The molecule has 0 aliphatic carbocycles. The number of nitrogens with one attached hydrogen (secondary N) is 1. The fourth-order valence-corrected chi connectivity index (χ4v) is 1.84. The van der Waals surface area contributed by atoms with Gasteiger partial charge in [-0.25, -0.2) is 4.39 Å². The monoisotopic (exact) mass is 272 g/mol. The van der Waals surface area contributed by atoms with Crippen LogP contribution in [0.25, 0.3) is 0 Å². The Morgan fingerprint density at radius 1 is 1.50 bits per heavy atom. The van der Waals surface area contributed by atoms with Crippen molar-refractivity contribution < 1.29 is 9.18 Å². The molecule has 0 saturated carbocycles. The minimum absolute atomic E-state index is 0.00966. The van der Waals surface area contributed by atoms with E-state index in [1.165, 1.54) is 11.0 Å². The number of hydrogen-bond donors (Lipinski definition) is 1. The summed E-state index contributed by atoms with van der Waals surface area (Å²) in [7, 11) is 3.50. The van der Waals surface area contributed by atoms with Crippen molar-refractivity contribution in [3.8, 4) is 0 Å². The maximum absolute atomic E-state index is 13.5. The minimum Gasteiger partial charge on any atom is -0.341 e. The Labute approximate surface area is 112 Å². The largest absolute Gasteiger partial charge is 0.341 e. The number of nitrogens with zero attached hydrogens (tertiary/aromatic N) is 1. The Kier molecular flexibility index (Phi) is 6.09. The van der Waals surface area contributed by atoms with E-state index in [1.807, 2.05) is 7.05 Å². The summed E-state index contributed by atoms with van der Waals surface area (Å²) in [5, 5.41) is 3.33. The zero-order valence-electron chi connectivity index (χ0n) is 10.7. The summed E-state index contributed by atoms with van der Waals surface area (Å²) < 4.78 is 13.5. The van der Waals surface area contributed by atoms with Gasteiger partial charge in [-0.2, -0.15) is 0 Å². The van der Waals surface area contributed by atoms with E-state index >= 15 is 0 Å². The molecule has 0 atom stereocenters. The summed E-state index contributed by atoms with van der Waals surface area (Å²) in [6.45, 7) is 0.990. The molecule has 0 spiro atoms. The average Bonchev–Trinajstić information content (AvgIpc) is 2.34. The third-order valence-electron chi connectivity index (χ3n) is 2.70. The van der Waals surface area contributed by atoms with Crippen molar-refractivity contribution in [2.75, 3.05) is 20.6 Å². The molecule has 1 N–H and O–H groups in total. The predicted octanol–water partition coefficient (Wildman–Crippen LogP) is 2.44. The summed E-state index contributed by atoms with van der Waals surface area (Å²) >= 11 is 5.92. The Balaban J connectivity index is 2.58. The summed E-state index contributed by atoms with van der Waals surface area (Å²) in [4.78, 5) is 13.3. The molecule has 1 amide bonds. The highest BCUT2D eigenvalue weighted by Gasteiger charge is 2.13. The average molecular weight is 273 g/mol. The molecule has 18 heavy (non-hydrogen) atoms. The second-order valence-corrected chi connectivity index (χ2v) is 4.56. The lowest BCUT2D eigenvalue weighted by molar-refractivity contribution is -0.130. The van der Waals surface area contributed by atoms with Gasteiger partial charge in [0.1, 0.15) is 5.82 Å². The van der Waals surface area contributed by atoms with Gasteiger partial charge in [0.25, 0.3) is 0 Å². The minimum atomic E-state index is -0.377. The van der Waals surface area contributed by atoms with Crippen LogP contribution in [-0.2, 0) is 11.3 Å². The van der Waals surface area contributed by atoms with E-state index in [-0.39, 0.29) is 18.3 Å². The first-order valence-electron chi connectivity index (χ1n) is 5.87. The molecular formula is C13H18ClFN2O. The van der Waals surface area contributed by atoms with Crippen LogP contribution in [0, 0.1) is 5.82 Å². The molecule has 5 heteroatoms. The van der Waals surface area contributed by atoms with E-state index in [4.69, 9.17) is 11.6 Å². The van der Waals surface area contributed by atoms with Crippen LogP contribution in [0.2, 0.25) is 5.02 Å². The van der Waals surface area contributed by atoms with Gasteiger partial charge in [0.05, 0.1) is 0 Å². The predicted molar refractivity (Wildman–Crippen MR) is 71.0 cm³/mol. The molecular weight excluding hydrogens is 255 g/mol. The molecule has 0 aliphatic rings. The normalized spacial score (nSPS) is 10.4. The van der Waals surface area contributed by atoms with E-state index in [2.05, 4.69) is 5.32 Å². The number of carbonyl (C=O) groups is 1. The Morgan fingerprint density at radius 3 is 2.83 bits per heavy atom. The van der Waals surface area contributed by atoms with Gasteiger partial charge in [0.2, 0.25) is 5.91 Å². The van der Waals surface area contributed by atoms with Crippen molar-refractivity contribution in [1.29, 1.82) is 0 Å². The number of amides is 1. The molecule has 0 saturated heterocycles. The van der Waals surface area contributed by atoms with Gasteiger partial charge in [0, 0.05) is 30.6 Å². The van der Waals surface area contributed by atoms with Gasteiger partial charge >= 0.3 is 0 Å².